The van der Waals surface area contributed by atoms with E-state index >= 15 is 0 Å². The van der Waals surface area contributed by atoms with Crippen molar-refractivity contribution in [1.82, 2.24) is 0 Å². The second-order valence-corrected chi connectivity index (χ2v) is 2.82. The van der Waals surface area contributed by atoms with Gasteiger partial charge in [-0.1, -0.05) is 19.4 Å². The summed E-state index contributed by atoms with van der Waals surface area (Å²) in [4.78, 5) is 0. The van der Waals surface area contributed by atoms with Crippen molar-refractivity contribution in [3.63, 3.8) is 0 Å². The highest BCUT2D eigenvalue weighted by atomic mass is 14.2. The van der Waals surface area contributed by atoms with Crippen LogP contribution in [0.15, 0.2) is 18.2 Å². The van der Waals surface area contributed by atoms with E-state index in [-0.39, 0.29) is 0 Å². The van der Waals surface area contributed by atoms with Crippen LogP contribution in [-0.2, 0) is 6.42 Å². The van der Waals surface area contributed by atoms with Crippen LogP contribution in [0.1, 0.15) is 30.9 Å². The first-order valence-corrected chi connectivity index (χ1v) is 4.27. The van der Waals surface area contributed by atoms with Gasteiger partial charge in [0.1, 0.15) is 0 Å². The van der Waals surface area contributed by atoms with Gasteiger partial charge in [0, 0.05) is 0 Å². The molecule has 0 aliphatic heterocycles. The van der Waals surface area contributed by atoms with Crippen molar-refractivity contribution >= 4 is 0 Å². The summed E-state index contributed by atoms with van der Waals surface area (Å²) in [6.45, 7) is 2.17. The maximum Gasteiger partial charge on any atom is 0.0991 e. The Balaban J connectivity index is 2.60. The molecule has 0 aliphatic carbocycles. The van der Waals surface area contributed by atoms with E-state index in [4.69, 9.17) is 5.26 Å². The molecule has 0 amide bonds. The van der Waals surface area contributed by atoms with Crippen molar-refractivity contribution in [3.05, 3.63) is 35.4 Å². The van der Waals surface area contributed by atoms with Gasteiger partial charge in [-0.25, -0.2) is 0 Å². The first-order chi connectivity index (χ1) is 5.86. The van der Waals surface area contributed by atoms with E-state index in [1.807, 2.05) is 12.1 Å². The smallest absolute Gasteiger partial charge is 0.0991 e. The molecule has 0 heterocycles. The predicted octanol–water partition coefficient (Wildman–Crippen LogP) is 2.70. The van der Waals surface area contributed by atoms with Crippen LogP contribution in [0, 0.1) is 17.4 Å². The van der Waals surface area contributed by atoms with Crippen LogP contribution in [0.3, 0.4) is 0 Å². The fraction of sp³-hybridized carbons (Fsp3) is 0.364. The van der Waals surface area contributed by atoms with E-state index < -0.39 is 0 Å². The minimum absolute atomic E-state index is 0.690. The second kappa shape index (κ2) is 4.56. The van der Waals surface area contributed by atoms with Gasteiger partial charge < -0.3 is 0 Å². The molecule has 1 nitrogen and oxygen atoms in total. The molecule has 1 radical (unpaired) electrons. The van der Waals surface area contributed by atoms with Gasteiger partial charge in [0.25, 0.3) is 0 Å². The lowest BCUT2D eigenvalue weighted by Crippen LogP contribution is -1.84. The van der Waals surface area contributed by atoms with Gasteiger partial charge in [0.05, 0.1) is 11.6 Å². The second-order valence-electron chi connectivity index (χ2n) is 2.82. The molecule has 0 saturated heterocycles. The molecule has 1 aromatic carbocycles. The van der Waals surface area contributed by atoms with Crippen molar-refractivity contribution in [2.24, 2.45) is 0 Å². The standard InChI is InChI=1S/C11H12N/c1-2-3-4-10-5-7-11(9-12)8-6-10/h5,7-8H,2-4H2,1H3. The summed E-state index contributed by atoms with van der Waals surface area (Å²) in [6, 6.07) is 10.8. The summed E-state index contributed by atoms with van der Waals surface area (Å²) in [5.41, 5.74) is 1.89. The monoisotopic (exact) mass is 158 g/mol. The Hall–Kier alpha value is -1.29. The molecule has 0 aliphatic rings. The fourth-order valence-electron chi connectivity index (χ4n) is 1.05. The van der Waals surface area contributed by atoms with Crippen LogP contribution in [0.25, 0.3) is 0 Å². The number of hydrogen-bond acceptors (Lipinski definition) is 1. The van der Waals surface area contributed by atoms with Crippen LogP contribution in [-0.4, -0.2) is 0 Å². The molecule has 12 heavy (non-hydrogen) atoms. The van der Waals surface area contributed by atoms with Gasteiger partial charge in [0.2, 0.25) is 0 Å². The Labute approximate surface area is 73.6 Å². The molecule has 0 atom stereocenters. The lowest BCUT2D eigenvalue weighted by Gasteiger charge is -1.97. The van der Waals surface area contributed by atoms with Gasteiger partial charge in [-0.2, -0.15) is 5.26 Å². The van der Waals surface area contributed by atoms with Gasteiger partial charge in [-0.05, 0) is 36.6 Å². The minimum atomic E-state index is 0.690. The molecular formula is C11H12N. The van der Waals surface area contributed by atoms with Crippen LogP contribution in [0.2, 0.25) is 0 Å². The predicted molar refractivity (Wildman–Crippen MR) is 48.6 cm³/mol. The summed E-state index contributed by atoms with van der Waals surface area (Å²) in [7, 11) is 0. The lowest BCUT2D eigenvalue weighted by molar-refractivity contribution is 0.794. The van der Waals surface area contributed by atoms with E-state index in [1.165, 1.54) is 18.4 Å². The van der Waals surface area contributed by atoms with E-state index in [9.17, 15) is 0 Å². The average molecular weight is 158 g/mol. The first kappa shape index (κ1) is 8.80. The summed E-state index contributed by atoms with van der Waals surface area (Å²) in [6.07, 6.45) is 3.47. The molecule has 0 bridgehead atoms. The molecule has 0 unspecified atom stereocenters. The third-order valence-electron chi connectivity index (χ3n) is 1.81. The summed E-state index contributed by atoms with van der Waals surface area (Å²) < 4.78 is 0. The number of benzene rings is 1. The van der Waals surface area contributed by atoms with Gasteiger partial charge in [-0.3, -0.25) is 0 Å². The lowest BCUT2D eigenvalue weighted by atomic mass is 10.1. The largest absolute Gasteiger partial charge is 0.192 e. The fourth-order valence-corrected chi connectivity index (χ4v) is 1.05. The van der Waals surface area contributed by atoms with Crippen LogP contribution in [0.4, 0.5) is 0 Å². The topological polar surface area (TPSA) is 23.8 Å². The molecule has 0 aromatic heterocycles. The van der Waals surface area contributed by atoms with Gasteiger partial charge in [0.15, 0.2) is 0 Å². The zero-order chi connectivity index (χ0) is 8.81. The maximum absolute atomic E-state index is 8.53. The van der Waals surface area contributed by atoms with Crippen molar-refractivity contribution in [1.29, 1.82) is 5.26 Å². The molecular weight excluding hydrogens is 146 g/mol. The number of aryl methyl sites for hydroxylation is 1. The Morgan fingerprint density at radius 3 is 2.83 bits per heavy atom. The molecule has 1 aromatic rings. The Bertz CT molecular complexity index is 266. The summed E-state index contributed by atoms with van der Waals surface area (Å²) >= 11 is 0. The number of unbranched alkanes of at least 4 members (excludes halogenated alkanes) is 1. The third-order valence-corrected chi connectivity index (χ3v) is 1.81. The zero-order valence-corrected chi connectivity index (χ0v) is 7.30. The average Bonchev–Trinajstić information content (AvgIpc) is 2.15. The zero-order valence-electron chi connectivity index (χ0n) is 7.30. The van der Waals surface area contributed by atoms with Gasteiger partial charge >= 0.3 is 0 Å². The van der Waals surface area contributed by atoms with Crippen LogP contribution < -0.4 is 0 Å². The molecule has 1 rings (SSSR count). The van der Waals surface area contributed by atoms with Crippen molar-refractivity contribution in [2.45, 2.75) is 26.2 Å². The number of hydrogen-bond donors (Lipinski definition) is 0. The first-order valence-electron chi connectivity index (χ1n) is 4.27. The van der Waals surface area contributed by atoms with E-state index in [0.29, 0.717) is 5.56 Å². The van der Waals surface area contributed by atoms with Crippen molar-refractivity contribution in [2.75, 3.05) is 0 Å². The summed E-state index contributed by atoms with van der Waals surface area (Å²) in [5.74, 6) is 0. The maximum atomic E-state index is 8.53. The highest BCUT2D eigenvalue weighted by molar-refractivity contribution is 5.30. The van der Waals surface area contributed by atoms with Crippen molar-refractivity contribution in [3.8, 4) is 6.07 Å². The van der Waals surface area contributed by atoms with E-state index in [2.05, 4.69) is 19.1 Å². The number of nitrogens with zero attached hydrogens (tertiary/aromatic N) is 1. The minimum Gasteiger partial charge on any atom is -0.192 e. The number of nitriles is 1. The van der Waals surface area contributed by atoms with Gasteiger partial charge in [-0.15, -0.1) is 0 Å². The number of rotatable bonds is 3. The highest BCUT2D eigenvalue weighted by Crippen LogP contribution is 2.05. The van der Waals surface area contributed by atoms with E-state index in [0.717, 1.165) is 6.42 Å². The molecule has 0 N–H and O–H groups in total. The molecule has 1 heteroatoms. The Morgan fingerprint density at radius 2 is 2.33 bits per heavy atom. The third kappa shape index (κ3) is 2.39. The Kier molecular flexibility index (Phi) is 3.35. The molecule has 0 spiro atoms. The quantitative estimate of drug-likeness (QED) is 0.663. The van der Waals surface area contributed by atoms with Crippen molar-refractivity contribution < 1.29 is 0 Å². The van der Waals surface area contributed by atoms with Crippen LogP contribution in [0.5, 0.6) is 0 Å². The molecule has 0 fully saturated rings. The van der Waals surface area contributed by atoms with E-state index in [1.54, 1.807) is 6.07 Å². The molecule has 61 valence electrons. The van der Waals surface area contributed by atoms with Crippen LogP contribution >= 0.6 is 0 Å². The summed E-state index contributed by atoms with van der Waals surface area (Å²) in [5, 5.41) is 8.53. The highest BCUT2D eigenvalue weighted by Gasteiger charge is 1.92. The molecule has 0 saturated carbocycles. The normalized spacial score (nSPS) is 9.33. The SMILES string of the molecule is CCCCc1[c]cc(C#N)cc1. The Morgan fingerprint density at radius 1 is 1.50 bits per heavy atom.